The van der Waals surface area contributed by atoms with E-state index in [4.69, 9.17) is 4.98 Å². The minimum atomic E-state index is -0.975. The van der Waals surface area contributed by atoms with E-state index >= 15 is 0 Å². The summed E-state index contributed by atoms with van der Waals surface area (Å²) < 4.78 is 2.01. The Morgan fingerprint density at radius 3 is 2.42 bits per heavy atom. The van der Waals surface area contributed by atoms with Crippen molar-refractivity contribution >= 4 is 22.5 Å². The van der Waals surface area contributed by atoms with Gasteiger partial charge in [-0.3, -0.25) is 0 Å². The zero-order chi connectivity index (χ0) is 18.5. The topological polar surface area (TPSA) is 74.8 Å². The average molecular weight is 346 g/mol. The molecule has 5 nitrogen and oxygen atoms in total. The van der Waals surface area contributed by atoms with E-state index < -0.39 is 11.6 Å². The van der Waals surface area contributed by atoms with E-state index in [1.807, 2.05) is 47.0 Å². The van der Waals surface area contributed by atoms with Crippen molar-refractivity contribution in [2.24, 2.45) is 0 Å². The number of benzene rings is 2. The lowest BCUT2D eigenvalue weighted by Crippen LogP contribution is -2.14. The summed E-state index contributed by atoms with van der Waals surface area (Å²) in [5.74, 6) is -0.975. The third-order valence-electron chi connectivity index (χ3n) is 4.57. The van der Waals surface area contributed by atoms with E-state index in [2.05, 4.69) is 0 Å². The number of rotatable bonds is 3. The van der Waals surface area contributed by atoms with Crippen molar-refractivity contribution in [3.05, 3.63) is 71.9 Å². The summed E-state index contributed by atoms with van der Waals surface area (Å²) in [5, 5.41) is 19.4. The first-order valence-electron chi connectivity index (χ1n) is 8.32. The maximum Gasteiger partial charge on any atom is 0.335 e. The first-order chi connectivity index (χ1) is 12.3. The molecule has 0 radical (unpaired) electrons. The van der Waals surface area contributed by atoms with Crippen molar-refractivity contribution < 1.29 is 15.0 Å². The van der Waals surface area contributed by atoms with Gasteiger partial charge in [-0.1, -0.05) is 24.3 Å². The molecule has 0 atom stereocenters. The molecule has 0 amide bonds. The number of aromatic nitrogens is 2. The molecule has 2 heterocycles. The molecule has 0 unspecified atom stereocenters. The Morgan fingerprint density at radius 1 is 1.04 bits per heavy atom. The standard InChI is InChI=1S/C21H18N2O3/c1-21(2,26)15-8-5-13(6-9-15)19-18-4-3-11-23(18)17-10-7-14(20(24)25)12-16(17)22-19/h3-12,26H,1-2H3,(H,24,25). The molecule has 4 rings (SSSR count). The Morgan fingerprint density at radius 2 is 1.77 bits per heavy atom. The van der Waals surface area contributed by atoms with E-state index in [0.29, 0.717) is 5.52 Å². The summed E-state index contributed by atoms with van der Waals surface area (Å²) in [7, 11) is 0. The summed E-state index contributed by atoms with van der Waals surface area (Å²) in [5.41, 5.74) is 4.22. The molecule has 0 spiro atoms. The van der Waals surface area contributed by atoms with Gasteiger partial charge in [0.05, 0.1) is 33.4 Å². The van der Waals surface area contributed by atoms with Crippen LogP contribution in [0.25, 0.3) is 27.8 Å². The van der Waals surface area contributed by atoms with Crippen molar-refractivity contribution in [1.82, 2.24) is 9.38 Å². The maximum absolute atomic E-state index is 11.3. The number of carboxylic acid groups (broad SMARTS) is 1. The zero-order valence-electron chi connectivity index (χ0n) is 14.5. The van der Waals surface area contributed by atoms with Crippen molar-refractivity contribution in [2.45, 2.75) is 19.4 Å². The van der Waals surface area contributed by atoms with Crippen LogP contribution in [0.3, 0.4) is 0 Å². The van der Waals surface area contributed by atoms with Crippen LogP contribution >= 0.6 is 0 Å². The summed E-state index contributed by atoms with van der Waals surface area (Å²) in [6.45, 7) is 3.49. The molecule has 2 aromatic carbocycles. The van der Waals surface area contributed by atoms with E-state index in [1.54, 1.807) is 32.0 Å². The molecular formula is C21H18N2O3. The van der Waals surface area contributed by atoms with Crippen LogP contribution in [0.15, 0.2) is 60.8 Å². The van der Waals surface area contributed by atoms with Crippen LogP contribution in [0.4, 0.5) is 0 Å². The molecule has 0 saturated heterocycles. The predicted molar refractivity (Wildman–Crippen MR) is 100 cm³/mol. The van der Waals surface area contributed by atoms with Gasteiger partial charge in [-0.2, -0.15) is 0 Å². The lowest BCUT2D eigenvalue weighted by atomic mass is 9.96. The number of carboxylic acids is 1. The van der Waals surface area contributed by atoms with E-state index in [1.165, 1.54) is 0 Å². The van der Waals surface area contributed by atoms with Gasteiger partial charge in [0, 0.05) is 11.8 Å². The second-order valence-corrected chi connectivity index (χ2v) is 6.87. The highest BCUT2D eigenvalue weighted by atomic mass is 16.4. The minimum absolute atomic E-state index is 0.208. The van der Waals surface area contributed by atoms with Gasteiger partial charge in [-0.05, 0) is 49.7 Å². The van der Waals surface area contributed by atoms with Gasteiger partial charge in [0.2, 0.25) is 0 Å². The molecule has 0 saturated carbocycles. The number of aliphatic hydroxyl groups is 1. The molecule has 0 aliphatic heterocycles. The molecule has 0 bridgehead atoms. The summed E-state index contributed by atoms with van der Waals surface area (Å²) in [4.78, 5) is 16.0. The first-order valence-corrected chi connectivity index (χ1v) is 8.32. The average Bonchev–Trinajstić information content (AvgIpc) is 3.09. The van der Waals surface area contributed by atoms with Crippen LogP contribution in [0.1, 0.15) is 29.8 Å². The van der Waals surface area contributed by atoms with Crippen molar-refractivity contribution in [1.29, 1.82) is 0 Å². The molecule has 0 aliphatic rings. The lowest BCUT2D eigenvalue weighted by molar-refractivity contribution is 0.0696. The highest BCUT2D eigenvalue weighted by Gasteiger charge is 2.17. The van der Waals surface area contributed by atoms with Crippen LogP contribution in [0.2, 0.25) is 0 Å². The highest BCUT2D eigenvalue weighted by Crippen LogP contribution is 2.29. The van der Waals surface area contributed by atoms with E-state index in [9.17, 15) is 15.0 Å². The molecular weight excluding hydrogens is 328 g/mol. The monoisotopic (exact) mass is 346 g/mol. The Kier molecular flexibility index (Phi) is 3.56. The maximum atomic E-state index is 11.3. The highest BCUT2D eigenvalue weighted by molar-refractivity contribution is 5.94. The SMILES string of the molecule is CC(C)(O)c1ccc(-c2nc3cc(C(=O)O)ccc3n3cccc23)cc1. The Bertz CT molecular complexity index is 1140. The minimum Gasteiger partial charge on any atom is -0.478 e. The van der Waals surface area contributed by atoms with Crippen LogP contribution < -0.4 is 0 Å². The fraction of sp³-hybridized carbons (Fsp3) is 0.143. The molecule has 4 aromatic rings. The molecule has 0 aliphatic carbocycles. The van der Waals surface area contributed by atoms with Crippen LogP contribution in [0, 0.1) is 0 Å². The van der Waals surface area contributed by atoms with E-state index in [0.717, 1.165) is 27.9 Å². The summed E-state index contributed by atoms with van der Waals surface area (Å²) >= 11 is 0. The smallest absolute Gasteiger partial charge is 0.335 e. The molecule has 130 valence electrons. The van der Waals surface area contributed by atoms with Gasteiger partial charge >= 0.3 is 5.97 Å². The van der Waals surface area contributed by atoms with E-state index in [-0.39, 0.29) is 5.56 Å². The summed E-state index contributed by atoms with van der Waals surface area (Å²) in [6.07, 6.45) is 1.94. The Labute approximate surface area is 150 Å². The van der Waals surface area contributed by atoms with Gasteiger partial charge in [-0.15, -0.1) is 0 Å². The Hall–Kier alpha value is -3.18. The van der Waals surface area contributed by atoms with Crippen LogP contribution in [-0.2, 0) is 5.60 Å². The Balaban J connectivity index is 1.95. The third-order valence-corrected chi connectivity index (χ3v) is 4.57. The largest absolute Gasteiger partial charge is 0.478 e. The second-order valence-electron chi connectivity index (χ2n) is 6.87. The number of carbonyl (C=O) groups is 1. The fourth-order valence-electron chi connectivity index (χ4n) is 3.16. The molecule has 0 fully saturated rings. The lowest BCUT2D eigenvalue weighted by Gasteiger charge is -2.18. The molecule has 2 aromatic heterocycles. The van der Waals surface area contributed by atoms with Gasteiger partial charge in [0.25, 0.3) is 0 Å². The number of hydrogen-bond donors (Lipinski definition) is 2. The van der Waals surface area contributed by atoms with Gasteiger partial charge < -0.3 is 14.6 Å². The molecule has 5 heteroatoms. The number of hydrogen-bond acceptors (Lipinski definition) is 3. The van der Waals surface area contributed by atoms with Crippen molar-refractivity contribution in [3.8, 4) is 11.3 Å². The van der Waals surface area contributed by atoms with Crippen molar-refractivity contribution in [3.63, 3.8) is 0 Å². The summed E-state index contributed by atoms with van der Waals surface area (Å²) in [6, 6.07) is 16.5. The van der Waals surface area contributed by atoms with Gasteiger partial charge in [0.15, 0.2) is 0 Å². The first kappa shape index (κ1) is 16.3. The van der Waals surface area contributed by atoms with Crippen molar-refractivity contribution in [2.75, 3.05) is 0 Å². The number of aromatic carboxylic acids is 1. The fourth-order valence-corrected chi connectivity index (χ4v) is 3.16. The van der Waals surface area contributed by atoms with Crippen LogP contribution in [0.5, 0.6) is 0 Å². The zero-order valence-corrected chi connectivity index (χ0v) is 14.5. The molecule has 2 N–H and O–H groups in total. The third kappa shape index (κ3) is 2.62. The number of fused-ring (bicyclic) bond motifs is 3. The number of nitrogens with zero attached hydrogens (tertiary/aromatic N) is 2. The molecule has 26 heavy (non-hydrogen) atoms. The normalized spacial score (nSPS) is 12.0. The van der Waals surface area contributed by atoms with Gasteiger partial charge in [-0.25, -0.2) is 9.78 Å². The quantitative estimate of drug-likeness (QED) is 0.586. The predicted octanol–water partition coefficient (Wildman–Crippen LogP) is 4.08. The van der Waals surface area contributed by atoms with Gasteiger partial charge in [0.1, 0.15) is 0 Å². The van der Waals surface area contributed by atoms with Crippen LogP contribution in [-0.4, -0.2) is 25.6 Å². The second kappa shape index (κ2) is 5.68.